The predicted molar refractivity (Wildman–Crippen MR) is 134 cm³/mol. The van der Waals surface area contributed by atoms with Crippen molar-refractivity contribution in [2.45, 2.75) is 78.1 Å². The molecule has 1 heterocycles. The van der Waals surface area contributed by atoms with Crippen LogP contribution >= 0.6 is 0 Å². The van der Waals surface area contributed by atoms with E-state index in [1.54, 1.807) is 6.08 Å². The number of unbranched alkanes of at least 4 members (excludes halogenated alkanes) is 3. The molecule has 188 valence electrons. The van der Waals surface area contributed by atoms with E-state index in [4.69, 9.17) is 9.29 Å². The molecule has 0 saturated carbocycles. The number of rotatable bonds is 12. The Hall–Kier alpha value is -2.12. The van der Waals surface area contributed by atoms with Crippen molar-refractivity contribution in [2.24, 2.45) is 17.3 Å². The number of carbonyl (C=O) groups excluding carboxylic acids is 1. The molecule has 2 aliphatic carbocycles. The van der Waals surface area contributed by atoms with E-state index < -0.39 is 10.1 Å². The molecule has 0 amide bonds. The summed E-state index contributed by atoms with van der Waals surface area (Å²) >= 11 is 0. The normalized spacial score (nSPS) is 22.3. The Bertz CT molecular complexity index is 1030. The molecule has 0 spiro atoms. The van der Waals surface area contributed by atoms with E-state index in [-0.39, 0.29) is 34.5 Å². The van der Waals surface area contributed by atoms with E-state index >= 15 is 0 Å². The van der Waals surface area contributed by atoms with Crippen molar-refractivity contribution >= 4 is 15.9 Å². The summed E-state index contributed by atoms with van der Waals surface area (Å²) in [5, 5.41) is 9.23. The van der Waals surface area contributed by atoms with E-state index in [2.05, 4.69) is 38.7 Å². The molecule has 6 nitrogen and oxygen atoms in total. The third-order valence-corrected chi connectivity index (χ3v) is 7.86. The van der Waals surface area contributed by atoms with E-state index in [0.29, 0.717) is 31.4 Å². The molecule has 2 N–H and O–H groups in total. The second-order valence-corrected chi connectivity index (χ2v) is 12.1. The number of ketones is 1. The van der Waals surface area contributed by atoms with Crippen LogP contribution in [0.25, 0.3) is 0 Å². The molecule has 34 heavy (non-hydrogen) atoms. The maximum absolute atomic E-state index is 12.2. The highest BCUT2D eigenvalue weighted by Crippen LogP contribution is 2.46. The molecule has 3 rings (SSSR count). The van der Waals surface area contributed by atoms with Gasteiger partial charge in [0, 0.05) is 35.5 Å². The number of hydrogen-bond acceptors (Lipinski definition) is 5. The van der Waals surface area contributed by atoms with Gasteiger partial charge in [0.1, 0.15) is 11.5 Å². The molecule has 3 aliphatic rings. The Morgan fingerprint density at radius 2 is 1.85 bits per heavy atom. The van der Waals surface area contributed by atoms with Gasteiger partial charge in [0.25, 0.3) is 10.1 Å². The fourth-order valence-corrected chi connectivity index (χ4v) is 5.76. The number of allylic oxidation sites excluding steroid dienone is 6. The Morgan fingerprint density at radius 1 is 1.15 bits per heavy atom. The third kappa shape index (κ3) is 7.44. The Kier molecular flexibility index (Phi) is 8.63. The van der Waals surface area contributed by atoms with Gasteiger partial charge in [-0.15, -0.1) is 0 Å². The molecule has 1 aliphatic heterocycles. The third-order valence-electron chi connectivity index (χ3n) is 7.06. The monoisotopic (exact) mass is 490 g/mol. The zero-order valence-electron chi connectivity index (χ0n) is 20.4. The SMILES string of the molecule is C=C(O)CCCCCCC(CCCS(=O)(=O)O)C1C=C2OC3=CC(=O)CC(C)(C)C3=CC2=CC1. The lowest BCUT2D eigenvalue weighted by Crippen LogP contribution is -2.29. The highest BCUT2D eigenvalue weighted by Gasteiger charge is 2.38. The van der Waals surface area contributed by atoms with Crippen LogP contribution in [0.4, 0.5) is 0 Å². The summed E-state index contributed by atoms with van der Waals surface area (Å²) in [7, 11) is -3.97. The van der Waals surface area contributed by atoms with E-state index in [1.165, 1.54) is 0 Å². The van der Waals surface area contributed by atoms with Crippen LogP contribution < -0.4 is 0 Å². The van der Waals surface area contributed by atoms with Gasteiger partial charge in [0.2, 0.25) is 0 Å². The lowest BCUT2D eigenvalue weighted by atomic mass is 9.72. The first-order valence-corrected chi connectivity index (χ1v) is 13.9. The first kappa shape index (κ1) is 26.5. The van der Waals surface area contributed by atoms with Crippen molar-refractivity contribution in [1.29, 1.82) is 0 Å². The lowest BCUT2D eigenvalue weighted by molar-refractivity contribution is -0.116. The minimum absolute atomic E-state index is 0.0744. The quantitative estimate of drug-likeness (QED) is 0.188. The van der Waals surface area contributed by atoms with Gasteiger partial charge in [-0.05, 0) is 56.1 Å². The molecule has 0 radical (unpaired) electrons. The number of ether oxygens (including phenoxy) is 1. The van der Waals surface area contributed by atoms with Crippen LogP contribution in [0.5, 0.6) is 0 Å². The molecular formula is C27H38O6S. The van der Waals surface area contributed by atoms with Gasteiger partial charge in [-0.25, -0.2) is 0 Å². The van der Waals surface area contributed by atoms with Crippen molar-refractivity contribution in [2.75, 3.05) is 5.75 Å². The van der Waals surface area contributed by atoms with Gasteiger partial charge in [0.05, 0.1) is 11.5 Å². The topological polar surface area (TPSA) is 101 Å². The number of aliphatic hydroxyl groups excluding tert-OH is 1. The predicted octanol–water partition coefficient (Wildman–Crippen LogP) is 6.35. The van der Waals surface area contributed by atoms with Crippen LogP contribution in [-0.2, 0) is 19.6 Å². The van der Waals surface area contributed by atoms with Gasteiger partial charge in [-0.3, -0.25) is 9.35 Å². The summed E-state index contributed by atoms with van der Waals surface area (Å²) in [6.45, 7) is 7.65. The molecule has 0 aromatic carbocycles. The first-order valence-electron chi connectivity index (χ1n) is 12.3. The smallest absolute Gasteiger partial charge is 0.264 e. The maximum atomic E-state index is 12.2. The minimum Gasteiger partial charge on any atom is -0.513 e. The largest absolute Gasteiger partial charge is 0.513 e. The zero-order valence-corrected chi connectivity index (χ0v) is 21.2. The molecule has 0 bridgehead atoms. The molecule has 2 atom stereocenters. The first-order chi connectivity index (χ1) is 15.9. The van der Waals surface area contributed by atoms with Gasteiger partial charge in [-0.2, -0.15) is 8.42 Å². The van der Waals surface area contributed by atoms with Crippen LogP contribution in [-0.4, -0.2) is 29.6 Å². The van der Waals surface area contributed by atoms with Gasteiger partial charge in [-0.1, -0.05) is 45.8 Å². The zero-order chi connectivity index (χ0) is 24.9. The highest BCUT2D eigenvalue weighted by atomic mass is 32.2. The Balaban J connectivity index is 1.69. The summed E-state index contributed by atoms with van der Waals surface area (Å²) in [5.41, 5.74) is 1.85. The van der Waals surface area contributed by atoms with Crippen LogP contribution in [0.3, 0.4) is 0 Å². The number of hydrogen-bond donors (Lipinski definition) is 2. The van der Waals surface area contributed by atoms with Gasteiger partial charge in [0.15, 0.2) is 5.78 Å². The number of fused-ring (bicyclic) bond motifs is 2. The van der Waals surface area contributed by atoms with Crippen LogP contribution in [0.1, 0.15) is 78.1 Å². The van der Waals surface area contributed by atoms with Crippen LogP contribution in [0.15, 0.2) is 59.3 Å². The van der Waals surface area contributed by atoms with Crippen molar-refractivity contribution in [1.82, 2.24) is 0 Å². The Labute approximate surface area is 203 Å². The van der Waals surface area contributed by atoms with E-state index in [1.807, 2.05) is 0 Å². The molecule has 0 fully saturated rings. The molecule has 0 aromatic heterocycles. The number of aliphatic hydroxyl groups is 1. The van der Waals surface area contributed by atoms with Crippen molar-refractivity contribution in [3.05, 3.63) is 59.3 Å². The van der Waals surface area contributed by atoms with Crippen LogP contribution in [0, 0.1) is 17.3 Å². The standard InChI is InChI=1S/C27H38O6S/c1-19(28)9-6-4-5-7-10-20(11-8-14-34(30,31)32)21-12-13-22-15-24-26(33-25(22)16-21)17-23(29)18-27(24,2)3/h13,15-17,20-21,28H,1,4-12,14,18H2,2-3H3,(H,30,31,32). The molecular weight excluding hydrogens is 452 g/mol. The average molecular weight is 491 g/mol. The molecule has 2 unspecified atom stereocenters. The second-order valence-electron chi connectivity index (χ2n) is 10.5. The average Bonchev–Trinajstić information content (AvgIpc) is 2.71. The summed E-state index contributed by atoms with van der Waals surface area (Å²) in [5.74, 6) is 1.97. The van der Waals surface area contributed by atoms with Crippen molar-refractivity contribution < 1.29 is 27.6 Å². The van der Waals surface area contributed by atoms with Gasteiger partial charge < -0.3 is 9.84 Å². The maximum Gasteiger partial charge on any atom is 0.264 e. The number of carbonyl (C=O) groups is 1. The molecule has 7 heteroatoms. The van der Waals surface area contributed by atoms with E-state index in [0.717, 1.165) is 55.4 Å². The molecule has 0 saturated heterocycles. The molecule has 0 aromatic rings. The minimum atomic E-state index is -3.97. The summed E-state index contributed by atoms with van der Waals surface area (Å²) in [4.78, 5) is 12.2. The summed E-state index contributed by atoms with van der Waals surface area (Å²) in [6, 6.07) is 0. The van der Waals surface area contributed by atoms with Crippen molar-refractivity contribution in [3.8, 4) is 0 Å². The lowest BCUT2D eigenvalue weighted by Gasteiger charge is -2.37. The Morgan fingerprint density at radius 3 is 2.56 bits per heavy atom. The summed E-state index contributed by atoms with van der Waals surface area (Å²) in [6.07, 6.45) is 16.1. The second kappa shape index (κ2) is 11.1. The van der Waals surface area contributed by atoms with Crippen LogP contribution in [0.2, 0.25) is 0 Å². The fourth-order valence-electron chi connectivity index (χ4n) is 5.23. The fraction of sp³-hybridized carbons (Fsp3) is 0.593. The van der Waals surface area contributed by atoms with Gasteiger partial charge >= 0.3 is 0 Å². The highest BCUT2D eigenvalue weighted by molar-refractivity contribution is 7.85. The summed E-state index contributed by atoms with van der Waals surface area (Å²) < 4.78 is 37.8. The van der Waals surface area contributed by atoms with Crippen molar-refractivity contribution in [3.63, 3.8) is 0 Å². The van der Waals surface area contributed by atoms with E-state index in [9.17, 15) is 18.3 Å².